The van der Waals surface area contributed by atoms with E-state index in [4.69, 9.17) is 15.2 Å². The van der Waals surface area contributed by atoms with Crippen LogP contribution < -0.4 is 11.1 Å². The Hall–Kier alpha value is -4.16. The van der Waals surface area contributed by atoms with Gasteiger partial charge in [0.15, 0.2) is 12.1 Å². The van der Waals surface area contributed by atoms with E-state index in [0.717, 1.165) is 37.8 Å². The van der Waals surface area contributed by atoms with E-state index >= 15 is 0 Å². The number of hydrogen-bond donors (Lipinski definition) is 3. The number of methoxy groups -OCH3 is 1. The highest BCUT2D eigenvalue weighted by Crippen LogP contribution is 2.34. The van der Waals surface area contributed by atoms with Crippen LogP contribution in [0.25, 0.3) is 22.0 Å². The van der Waals surface area contributed by atoms with Crippen molar-refractivity contribution < 1.29 is 37.7 Å². The zero-order valence-electron chi connectivity index (χ0n) is 25.1. The maximum atomic E-state index is 14.8. The lowest BCUT2D eigenvalue weighted by molar-refractivity contribution is -0.155. The minimum Gasteiger partial charge on any atom is -0.469 e. The fourth-order valence-electron chi connectivity index (χ4n) is 5.04. The van der Waals surface area contributed by atoms with Gasteiger partial charge in [0.1, 0.15) is 28.8 Å². The summed E-state index contributed by atoms with van der Waals surface area (Å²) in [5.74, 6) is -2.83. The van der Waals surface area contributed by atoms with Crippen LogP contribution in [0.4, 0.5) is 14.5 Å². The van der Waals surface area contributed by atoms with Crippen LogP contribution in [0.2, 0.25) is 0 Å². The molecule has 14 nitrogen and oxygen atoms in total. The smallest absolute Gasteiger partial charge is 0.307 e. The van der Waals surface area contributed by atoms with Gasteiger partial charge in [-0.05, 0) is 44.7 Å². The molecule has 1 aliphatic rings. The predicted molar refractivity (Wildman–Crippen MR) is 161 cm³/mol. The first kappa shape index (κ1) is 33.2. The van der Waals surface area contributed by atoms with Gasteiger partial charge >= 0.3 is 5.97 Å². The zero-order chi connectivity index (χ0) is 32.8. The van der Waals surface area contributed by atoms with E-state index in [1.165, 1.54) is 29.3 Å². The molecular formula is C29H34F2N8O6S. The molecule has 4 aromatic rings. The van der Waals surface area contributed by atoms with Crippen molar-refractivity contribution in [1.82, 2.24) is 29.5 Å². The first-order valence-electron chi connectivity index (χ1n) is 14.6. The molecule has 0 spiro atoms. The summed E-state index contributed by atoms with van der Waals surface area (Å²) in [6.45, 7) is 2.42. The quantitative estimate of drug-likeness (QED) is 0.108. The molecule has 2 atom stereocenters. The highest BCUT2D eigenvalue weighted by Gasteiger charge is 2.27. The molecule has 4 aromatic heterocycles. The fraction of sp³-hybridized carbons (Fsp3) is 0.448. The van der Waals surface area contributed by atoms with Crippen LogP contribution in [0.5, 0.6) is 0 Å². The number of carbonyl (C=O) groups excluding carboxylic acids is 2. The molecule has 1 aliphatic carbocycles. The number of nitrogens with two attached hydrogens (primary N) is 1. The lowest BCUT2D eigenvalue weighted by Crippen LogP contribution is -2.39. The highest BCUT2D eigenvalue weighted by molar-refractivity contribution is 7.13. The van der Waals surface area contributed by atoms with E-state index in [9.17, 15) is 23.5 Å². The molecule has 4 N–H and O–H groups in total. The van der Waals surface area contributed by atoms with Crippen LogP contribution in [-0.4, -0.2) is 78.7 Å². The molecule has 2 unspecified atom stereocenters. The van der Waals surface area contributed by atoms with Crippen molar-refractivity contribution in [2.75, 3.05) is 19.0 Å². The first-order chi connectivity index (χ1) is 22.1. The van der Waals surface area contributed by atoms with Crippen LogP contribution in [0.15, 0.2) is 36.1 Å². The van der Waals surface area contributed by atoms with E-state index in [2.05, 4.69) is 30.2 Å². The number of aliphatic hydroxyl groups excluding tert-OH is 1. The summed E-state index contributed by atoms with van der Waals surface area (Å²) in [5, 5.41) is 23.5. The van der Waals surface area contributed by atoms with E-state index in [-0.39, 0.29) is 48.1 Å². The number of thiazole rings is 1. The predicted octanol–water partition coefficient (Wildman–Crippen LogP) is 3.50. The monoisotopic (exact) mass is 660 g/mol. The molecule has 17 heteroatoms. The number of nitrogens with one attached hydrogen (secondary N) is 1. The van der Waals surface area contributed by atoms with Crippen LogP contribution in [0.1, 0.15) is 55.6 Å². The van der Waals surface area contributed by atoms with Gasteiger partial charge < -0.3 is 30.4 Å². The molecular weight excluding hydrogens is 626 g/mol. The average Bonchev–Trinajstić information content (AvgIpc) is 3.82. The van der Waals surface area contributed by atoms with Crippen molar-refractivity contribution in [3.8, 4) is 22.0 Å². The van der Waals surface area contributed by atoms with Crippen LogP contribution in [-0.2, 0) is 25.7 Å². The minimum atomic E-state index is -1.43. The summed E-state index contributed by atoms with van der Waals surface area (Å²) in [6, 6.07) is 0.869. The molecule has 1 saturated carbocycles. The molecule has 0 aliphatic heterocycles. The van der Waals surface area contributed by atoms with Gasteiger partial charge in [-0.25, -0.2) is 19.0 Å². The molecule has 4 heterocycles. The molecule has 0 bridgehead atoms. The Labute approximate surface area is 266 Å². The number of anilines is 1. The van der Waals surface area contributed by atoms with Gasteiger partial charge in [-0.1, -0.05) is 0 Å². The summed E-state index contributed by atoms with van der Waals surface area (Å²) in [5.41, 5.74) is 6.25. The lowest BCUT2D eigenvalue weighted by atomic mass is 9.93. The number of aliphatic hydroxyl groups is 1. The molecule has 0 aromatic carbocycles. The van der Waals surface area contributed by atoms with E-state index < -0.39 is 36.0 Å². The Morgan fingerprint density at radius 1 is 1.17 bits per heavy atom. The van der Waals surface area contributed by atoms with Crippen LogP contribution >= 0.6 is 11.3 Å². The second-order valence-electron chi connectivity index (χ2n) is 10.6. The van der Waals surface area contributed by atoms with Crippen molar-refractivity contribution in [2.45, 2.75) is 70.2 Å². The number of pyridine rings is 1. The number of nitrogens with zero attached hydrogens (tertiary/aromatic N) is 6. The summed E-state index contributed by atoms with van der Waals surface area (Å²) in [4.78, 5) is 32.8. The van der Waals surface area contributed by atoms with Crippen LogP contribution in [0.3, 0.4) is 0 Å². The van der Waals surface area contributed by atoms with E-state index in [0.29, 0.717) is 17.2 Å². The molecule has 0 saturated heterocycles. The Kier molecular flexibility index (Phi) is 10.8. The number of halogens is 2. The highest BCUT2D eigenvalue weighted by atomic mass is 32.1. The zero-order valence-corrected chi connectivity index (χ0v) is 26.0. The number of hydrogen-bond acceptors (Lipinski definition) is 12. The van der Waals surface area contributed by atoms with Gasteiger partial charge in [0.05, 0.1) is 43.6 Å². The second kappa shape index (κ2) is 15.0. The topological polar surface area (TPSA) is 182 Å². The summed E-state index contributed by atoms with van der Waals surface area (Å²) in [6.07, 6.45) is 6.41. The maximum Gasteiger partial charge on any atom is 0.307 e. The molecule has 1 fully saturated rings. The van der Waals surface area contributed by atoms with Gasteiger partial charge in [0.25, 0.3) is 5.91 Å². The van der Waals surface area contributed by atoms with Gasteiger partial charge in [-0.2, -0.15) is 14.6 Å². The van der Waals surface area contributed by atoms with Gasteiger partial charge in [0.2, 0.25) is 5.95 Å². The van der Waals surface area contributed by atoms with Crippen molar-refractivity contribution in [2.24, 2.45) is 5.73 Å². The van der Waals surface area contributed by atoms with Crippen molar-refractivity contribution in [3.05, 3.63) is 53.6 Å². The second-order valence-corrected chi connectivity index (χ2v) is 11.5. The lowest BCUT2D eigenvalue weighted by Gasteiger charge is -2.28. The van der Waals surface area contributed by atoms with Crippen LogP contribution in [0, 0.1) is 11.8 Å². The van der Waals surface area contributed by atoms with Crippen molar-refractivity contribution in [1.29, 1.82) is 0 Å². The molecule has 1 amide bonds. The number of ether oxygens (including phenoxy) is 3. The third kappa shape index (κ3) is 7.97. The van der Waals surface area contributed by atoms with Gasteiger partial charge in [0, 0.05) is 29.9 Å². The molecule has 0 radical (unpaired) electrons. The Bertz CT molecular complexity index is 1650. The van der Waals surface area contributed by atoms with E-state index in [1.54, 1.807) is 22.5 Å². The largest absolute Gasteiger partial charge is 0.469 e. The molecule has 5 rings (SSSR count). The van der Waals surface area contributed by atoms with E-state index in [1.807, 2.05) is 6.92 Å². The van der Waals surface area contributed by atoms with Crippen molar-refractivity contribution >= 4 is 28.9 Å². The fourth-order valence-corrected chi connectivity index (χ4v) is 5.81. The van der Waals surface area contributed by atoms with Gasteiger partial charge in [-0.3, -0.25) is 14.3 Å². The number of rotatable bonds is 13. The first-order valence-corrected chi connectivity index (χ1v) is 15.5. The van der Waals surface area contributed by atoms with Gasteiger partial charge in [-0.15, -0.1) is 11.3 Å². The number of carbonyl (C=O) groups is 2. The number of amides is 1. The molecule has 46 heavy (non-hydrogen) atoms. The summed E-state index contributed by atoms with van der Waals surface area (Å²) in [7, 11) is 1.22. The number of aromatic nitrogens is 6. The van der Waals surface area contributed by atoms with Crippen molar-refractivity contribution in [3.63, 3.8) is 0 Å². The normalized spacial score (nSPS) is 17.9. The minimum absolute atomic E-state index is 0.00232. The summed E-state index contributed by atoms with van der Waals surface area (Å²) < 4.78 is 47.5. The number of esters is 1. The summed E-state index contributed by atoms with van der Waals surface area (Å²) >= 11 is 1.19. The Morgan fingerprint density at radius 3 is 2.70 bits per heavy atom. The SMILES string of the molecule is CCOC1CCC(n2cc(NC(=O)c3csc(-c4cnn(COC(O)C(N)CC(=O)OC)c4)n3)c(-c3nc(F)ccc3F)n2)CC1. The Balaban J connectivity index is 1.29. The third-order valence-electron chi connectivity index (χ3n) is 7.43. The molecule has 246 valence electrons. The third-order valence-corrected chi connectivity index (χ3v) is 8.32. The maximum absolute atomic E-state index is 14.8. The Morgan fingerprint density at radius 2 is 1.96 bits per heavy atom. The average molecular weight is 661 g/mol. The standard InChI is InChI=1S/C29H34F2N8O6S/c1-3-44-18-6-4-17(5-7-18)39-13-21(26(37-39)25-19(30)8-9-23(31)36-25)34-27(41)22-14-46-28(35-22)16-11-33-38(12-16)15-45-29(42)20(32)10-24(40)43-2/h8-9,11-14,17-18,20,29,42H,3-7,10,15,32H2,1-2H3,(H,34,41).